The zero-order valence-corrected chi connectivity index (χ0v) is 8.76. The summed E-state index contributed by atoms with van der Waals surface area (Å²) >= 11 is 0. The Morgan fingerprint density at radius 3 is 3.19 bits per heavy atom. The molecule has 0 amide bonds. The third-order valence-corrected chi connectivity index (χ3v) is 2.72. The van der Waals surface area contributed by atoms with Crippen molar-refractivity contribution in [3.8, 4) is 11.4 Å². The van der Waals surface area contributed by atoms with E-state index in [2.05, 4.69) is 20.4 Å². The lowest BCUT2D eigenvalue weighted by Crippen LogP contribution is -2.12. The Morgan fingerprint density at radius 1 is 1.44 bits per heavy atom. The Labute approximate surface area is 92.9 Å². The lowest BCUT2D eigenvalue weighted by atomic mass is 10.2. The summed E-state index contributed by atoms with van der Waals surface area (Å²) in [5.41, 5.74) is 0.885. The Bertz CT molecular complexity index is 462. The minimum atomic E-state index is 0.220. The molecule has 16 heavy (non-hydrogen) atoms. The van der Waals surface area contributed by atoms with Gasteiger partial charge in [0.1, 0.15) is 0 Å². The second-order valence-corrected chi connectivity index (χ2v) is 3.85. The van der Waals surface area contributed by atoms with E-state index in [0.717, 1.165) is 24.9 Å². The van der Waals surface area contributed by atoms with Crippen LogP contribution in [0.2, 0.25) is 0 Å². The number of pyridine rings is 1. The normalized spacial score (nSPS) is 20.1. The van der Waals surface area contributed by atoms with Crippen LogP contribution in [0, 0.1) is 0 Å². The van der Waals surface area contributed by atoms with Gasteiger partial charge in [0.25, 0.3) is 0 Å². The molecule has 0 spiro atoms. The van der Waals surface area contributed by atoms with Crippen LogP contribution in [0.15, 0.2) is 29.0 Å². The molecule has 0 unspecified atom stereocenters. The monoisotopic (exact) mass is 216 g/mol. The van der Waals surface area contributed by atoms with Crippen LogP contribution in [0.1, 0.15) is 24.8 Å². The van der Waals surface area contributed by atoms with Crippen LogP contribution >= 0.6 is 0 Å². The average Bonchev–Trinajstić information content (AvgIpc) is 3.01. The quantitative estimate of drug-likeness (QED) is 0.825. The summed E-state index contributed by atoms with van der Waals surface area (Å²) in [6.07, 6.45) is 5.68. The highest BCUT2D eigenvalue weighted by atomic mass is 16.5. The molecule has 2 aromatic rings. The second-order valence-electron chi connectivity index (χ2n) is 3.85. The molecule has 3 rings (SSSR count). The van der Waals surface area contributed by atoms with Crippen molar-refractivity contribution in [3.63, 3.8) is 0 Å². The largest absolute Gasteiger partial charge is 0.337 e. The molecule has 5 heteroatoms. The third-order valence-electron chi connectivity index (χ3n) is 2.72. The van der Waals surface area contributed by atoms with E-state index in [-0.39, 0.29) is 6.04 Å². The predicted octanol–water partition coefficient (Wildman–Crippen LogP) is 1.56. The Kier molecular flexibility index (Phi) is 2.38. The molecule has 0 aliphatic carbocycles. The van der Waals surface area contributed by atoms with Gasteiger partial charge in [-0.2, -0.15) is 4.98 Å². The Morgan fingerprint density at radius 2 is 2.44 bits per heavy atom. The van der Waals surface area contributed by atoms with Crippen LogP contribution in [0.5, 0.6) is 0 Å². The molecule has 1 atom stereocenters. The number of nitrogens with zero attached hydrogens (tertiary/aromatic N) is 3. The van der Waals surface area contributed by atoms with Crippen LogP contribution in [-0.4, -0.2) is 21.7 Å². The van der Waals surface area contributed by atoms with E-state index < -0.39 is 0 Å². The van der Waals surface area contributed by atoms with Gasteiger partial charge in [-0.15, -0.1) is 0 Å². The van der Waals surface area contributed by atoms with Crippen LogP contribution < -0.4 is 5.32 Å². The predicted molar refractivity (Wildman–Crippen MR) is 57.5 cm³/mol. The molecule has 1 aliphatic heterocycles. The number of rotatable bonds is 2. The first-order chi connectivity index (χ1) is 7.93. The summed E-state index contributed by atoms with van der Waals surface area (Å²) in [6, 6.07) is 4.00. The van der Waals surface area contributed by atoms with E-state index in [9.17, 15) is 0 Å². The maximum atomic E-state index is 5.25. The highest BCUT2D eigenvalue weighted by molar-refractivity contribution is 5.51. The van der Waals surface area contributed by atoms with Gasteiger partial charge in [0, 0.05) is 18.0 Å². The van der Waals surface area contributed by atoms with E-state index >= 15 is 0 Å². The van der Waals surface area contributed by atoms with Crippen molar-refractivity contribution >= 4 is 0 Å². The number of nitrogens with one attached hydrogen (secondary N) is 1. The standard InChI is InChI=1S/C11H12N4O/c1-3-8(7-12-5-1)10-14-11(16-15-10)9-4-2-6-13-9/h1,3,5,7,9,13H,2,4,6H2/t9-/m1/s1. The fourth-order valence-electron chi connectivity index (χ4n) is 1.88. The first kappa shape index (κ1) is 9.47. The van der Waals surface area contributed by atoms with E-state index in [1.165, 1.54) is 0 Å². The minimum absolute atomic E-state index is 0.220. The van der Waals surface area contributed by atoms with Gasteiger partial charge >= 0.3 is 0 Å². The summed E-state index contributed by atoms with van der Waals surface area (Å²) in [4.78, 5) is 8.41. The molecule has 1 aliphatic rings. The van der Waals surface area contributed by atoms with Crippen molar-refractivity contribution in [2.24, 2.45) is 0 Å². The molecule has 5 nitrogen and oxygen atoms in total. The third kappa shape index (κ3) is 1.69. The molecule has 0 radical (unpaired) electrons. The summed E-state index contributed by atoms with van der Waals surface area (Å²) in [5.74, 6) is 1.29. The van der Waals surface area contributed by atoms with Gasteiger partial charge in [-0.1, -0.05) is 5.16 Å². The van der Waals surface area contributed by atoms with Crippen molar-refractivity contribution < 1.29 is 4.52 Å². The number of hydrogen-bond donors (Lipinski definition) is 1. The van der Waals surface area contributed by atoms with E-state index in [0.29, 0.717) is 11.7 Å². The van der Waals surface area contributed by atoms with Gasteiger partial charge in [-0.25, -0.2) is 0 Å². The van der Waals surface area contributed by atoms with Gasteiger partial charge in [0.2, 0.25) is 11.7 Å². The van der Waals surface area contributed by atoms with Gasteiger partial charge in [0.15, 0.2) is 0 Å². The maximum Gasteiger partial charge on any atom is 0.244 e. The van der Waals surface area contributed by atoms with Crippen molar-refractivity contribution in [1.29, 1.82) is 0 Å². The first-order valence-electron chi connectivity index (χ1n) is 5.41. The molecule has 1 N–H and O–H groups in total. The lowest BCUT2D eigenvalue weighted by Gasteiger charge is -2.01. The molecule has 0 saturated carbocycles. The molecule has 3 heterocycles. The maximum absolute atomic E-state index is 5.25. The second kappa shape index (κ2) is 4.02. The molecule has 0 bridgehead atoms. The number of aromatic nitrogens is 3. The van der Waals surface area contributed by atoms with Crippen LogP contribution in [-0.2, 0) is 0 Å². The van der Waals surface area contributed by atoms with E-state index in [1.54, 1.807) is 12.4 Å². The SMILES string of the molecule is c1cncc(-c2noc([C@H]3CCCN3)n2)c1. The van der Waals surface area contributed by atoms with Crippen molar-refractivity contribution in [3.05, 3.63) is 30.4 Å². The van der Waals surface area contributed by atoms with Gasteiger partial charge in [-0.3, -0.25) is 4.98 Å². The van der Waals surface area contributed by atoms with Gasteiger partial charge in [-0.05, 0) is 31.5 Å². The average molecular weight is 216 g/mol. The van der Waals surface area contributed by atoms with Crippen molar-refractivity contribution in [1.82, 2.24) is 20.4 Å². The van der Waals surface area contributed by atoms with Crippen LogP contribution in [0.25, 0.3) is 11.4 Å². The first-order valence-corrected chi connectivity index (χ1v) is 5.41. The highest BCUT2D eigenvalue weighted by Gasteiger charge is 2.22. The molecule has 2 aromatic heterocycles. The fourth-order valence-corrected chi connectivity index (χ4v) is 1.88. The zero-order valence-electron chi connectivity index (χ0n) is 8.76. The van der Waals surface area contributed by atoms with E-state index in [1.807, 2.05) is 12.1 Å². The summed E-state index contributed by atoms with van der Waals surface area (Å²) in [7, 11) is 0. The van der Waals surface area contributed by atoms with Crippen molar-refractivity contribution in [2.45, 2.75) is 18.9 Å². The molecule has 1 fully saturated rings. The zero-order chi connectivity index (χ0) is 10.8. The summed E-state index contributed by atoms with van der Waals surface area (Å²) < 4.78 is 5.25. The molecular weight excluding hydrogens is 204 g/mol. The lowest BCUT2D eigenvalue weighted by molar-refractivity contribution is 0.345. The van der Waals surface area contributed by atoms with Gasteiger partial charge in [0.05, 0.1) is 6.04 Å². The highest BCUT2D eigenvalue weighted by Crippen LogP contribution is 2.23. The van der Waals surface area contributed by atoms with Crippen molar-refractivity contribution in [2.75, 3.05) is 6.54 Å². The van der Waals surface area contributed by atoms with Crippen LogP contribution in [0.3, 0.4) is 0 Å². The summed E-state index contributed by atoms with van der Waals surface area (Å²) in [6.45, 7) is 1.02. The fraction of sp³-hybridized carbons (Fsp3) is 0.364. The molecule has 0 aromatic carbocycles. The topological polar surface area (TPSA) is 63.8 Å². The minimum Gasteiger partial charge on any atom is -0.337 e. The Balaban J connectivity index is 1.87. The Hall–Kier alpha value is -1.75. The smallest absolute Gasteiger partial charge is 0.244 e. The molecule has 82 valence electrons. The molecule has 1 saturated heterocycles. The van der Waals surface area contributed by atoms with Gasteiger partial charge < -0.3 is 9.84 Å². The molecular formula is C11H12N4O. The van der Waals surface area contributed by atoms with Crippen LogP contribution in [0.4, 0.5) is 0 Å². The number of hydrogen-bond acceptors (Lipinski definition) is 5. The summed E-state index contributed by atoms with van der Waals surface area (Å²) in [5, 5.41) is 7.29. The van der Waals surface area contributed by atoms with E-state index in [4.69, 9.17) is 4.52 Å².